The summed E-state index contributed by atoms with van der Waals surface area (Å²) in [5, 5.41) is 7.46. The second-order valence-corrected chi connectivity index (χ2v) is 4.67. The summed E-state index contributed by atoms with van der Waals surface area (Å²) in [4.78, 5) is 4.47. The number of methoxy groups -OCH3 is 1. The number of nitrogens with zero attached hydrogens (tertiary/aromatic N) is 3. The van der Waals surface area contributed by atoms with Crippen LogP contribution in [-0.4, -0.2) is 26.9 Å². The van der Waals surface area contributed by atoms with Crippen molar-refractivity contribution in [1.29, 1.82) is 0 Å². The molecule has 1 aromatic carbocycles. The monoisotopic (exact) mass is 290 g/mol. The number of benzene rings is 1. The number of hydrogen-bond donors (Lipinski definition) is 1. The summed E-state index contributed by atoms with van der Waals surface area (Å²) in [5.41, 5.74) is 1.24. The molecule has 0 saturated heterocycles. The standard InChI is InChI=1S/C13H11FN4OS/c1-18-12(16-17-13(18)20)10-6-11(19-2)8-5-7(14)3-4-9(8)15-10/h3-6H,1-2H3,(H,17,20). The zero-order valence-electron chi connectivity index (χ0n) is 10.8. The van der Waals surface area contributed by atoms with Crippen molar-refractivity contribution < 1.29 is 9.13 Å². The predicted octanol–water partition coefficient (Wildman–Crippen LogP) is 2.84. The van der Waals surface area contributed by atoms with E-state index in [1.807, 2.05) is 0 Å². The van der Waals surface area contributed by atoms with Crippen LogP contribution in [-0.2, 0) is 7.05 Å². The van der Waals surface area contributed by atoms with Gasteiger partial charge in [0.15, 0.2) is 10.6 Å². The highest BCUT2D eigenvalue weighted by molar-refractivity contribution is 7.71. The first-order chi connectivity index (χ1) is 9.60. The minimum atomic E-state index is -0.330. The predicted molar refractivity (Wildman–Crippen MR) is 75.6 cm³/mol. The fourth-order valence-electron chi connectivity index (χ4n) is 2.03. The van der Waals surface area contributed by atoms with Crippen molar-refractivity contribution >= 4 is 23.1 Å². The van der Waals surface area contributed by atoms with E-state index in [9.17, 15) is 4.39 Å². The fourth-order valence-corrected chi connectivity index (χ4v) is 2.16. The van der Waals surface area contributed by atoms with Gasteiger partial charge in [-0.15, -0.1) is 0 Å². The molecule has 0 bridgehead atoms. The largest absolute Gasteiger partial charge is 0.496 e. The van der Waals surface area contributed by atoms with Crippen LogP contribution in [0.4, 0.5) is 4.39 Å². The van der Waals surface area contributed by atoms with E-state index in [-0.39, 0.29) is 5.82 Å². The lowest BCUT2D eigenvalue weighted by molar-refractivity contribution is 0.419. The Morgan fingerprint density at radius 3 is 2.80 bits per heavy atom. The molecule has 0 unspecified atom stereocenters. The van der Waals surface area contributed by atoms with Crippen LogP contribution < -0.4 is 4.74 Å². The molecule has 5 nitrogen and oxygen atoms in total. The van der Waals surface area contributed by atoms with Crippen molar-refractivity contribution in [1.82, 2.24) is 19.7 Å². The maximum Gasteiger partial charge on any atom is 0.195 e. The molecule has 102 valence electrons. The van der Waals surface area contributed by atoms with E-state index in [2.05, 4.69) is 15.2 Å². The maximum atomic E-state index is 13.3. The van der Waals surface area contributed by atoms with Gasteiger partial charge in [-0.05, 0) is 30.4 Å². The normalized spacial score (nSPS) is 10.9. The topological polar surface area (TPSA) is 55.7 Å². The molecule has 3 aromatic rings. The molecule has 1 N–H and O–H groups in total. The molecule has 0 aliphatic rings. The van der Waals surface area contributed by atoms with Crippen molar-refractivity contribution in [3.63, 3.8) is 0 Å². The van der Waals surface area contributed by atoms with Crippen LogP contribution in [0.3, 0.4) is 0 Å². The van der Waals surface area contributed by atoms with Gasteiger partial charge in [-0.25, -0.2) is 9.37 Å². The van der Waals surface area contributed by atoms with E-state index in [0.717, 1.165) is 0 Å². The first kappa shape index (κ1) is 12.7. The van der Waals surface area contributed by atoms with E-state index in [1.54, 1.807) is 23.7 Å². The molecule has 0 spiro atoms. The number of pyridine rings is 1. The van der Waals surface area contributed by atoms with Crippen molar-refractivity contribution in [2.45, 2.75) is 0 Å². The molecule has 7 heteroatoms. The first-order valence-electron chi connectivity index (χ1n) is 5.86. The number of ether oxygens (including phenoxy) is 1. The van der Waals surface area contributed by atoms with Crippen LogP contribution in [0.25, 0.3) is 22.4 Å². The van der Waals surface area contributed by atoms with Crippen LogP contribution in [0.1, 0.15) is 0 Å². The zero-order valence-corrected chi connectivity index (χ0v) is 11.7. The van der Waals surface area contributed by atoms with E-state index < -0.39 is 0 Å². The third kappa shape index (κ3) is 1.96. The average molecular weight is 290 g/mol. The Kier molecular flexibility index (Phi) is 2.98. The highest BCUT2D eigenvalue weighted by atomic mass is 32.1. The zero-order chi connectivity index (χ0) is 14.3. The van der Waals surface area contributed by atoms with Crippen LogP contribution >= 0.6 is 12.2 Å². The SMILES string of the molecule is COc1cc(-c2n[nH]c(=S)n2C)nc2ccc(F)cc12. The van der Waals surface area contributed by atoms with E-state index in [1.165, 1.54) is 19.2 Å². The van der Waals surface area contributed by atoms with Crippen LogP contribution in [0.15, 0.2) is 24.3 Å². The summed E-state index contributed by atoms with van der Waals surface area (Å²) < 4.78 is 20.9. The molecule has 20 heavy (non-hydrogen) atoms. The van der Waals surface area contributed by atoms with Gasteiger partial charge in [0.05, 0.1) is 12.6 Å². The third-order valence-corrected chi connectivity index (χ3v) is 3.43. The lowest BCUT2D eigenvalue weighted by Gasteiger charge is -2.08. The lowest BCUT2D eigenvalue weighted by atomic mass is 10.1. The molecule has 0 fully saturated rings. The average Bonchev–Trinajstić information content (AvgIpc) is 2.78. The summed E-state index contributed by atoms with van der Waals surface area (Å²) in [7, 11) is 3.33. The van der Waals surface area contributed by atoms with Crippen LogP contribution in [0.2, 0.25) is 0 Å². The minimum absolute atomic E-state index is 0.330. The van der Waals surface area contributed by atoms with Gasteiger partial charge >= 0.3 is 0 Å². The Morgan fingerprint density at radius 2 is 2.15 bits per heavy atom. The number of fused-ring (bicyclic) bond motifs is 1. The van der Waals surface area contributed by atoms with Gasteiger partial charge in [0, 0.05) is 18.5 Å². The number of halogens is 1. The smallest absolute Gasteiger partial charge is 0.195 e. The fraction of sp³-hybridized carbons (Fsp3) is 0.154. The Hall–Kier alpha value is -2.28. The summed E-state index contributed by atoms with van der Waals surface area (Å²) in [6, 6.07) is 6.08. The Balaban J connectivity index is 2.31. The molecule has 2 heterocycles. The van der Waals surface area contributed by atoms with Gasteiger partial charge in [-0.1, -0.05) is 0 Å². The molecule has 3 rings (SSSR count). The lowest BCUT2D eigenvalue weighted by Crippen LogP contribution is -1.97. The quantitative estimate of drug-likeness (QED) is 0.737. The van der Waals surface area contributed by atoms with Crippen molar-refractivity contribution in [3.8, 4) is 17.3 Å². The second-order valence-electron chi connectivity index (χ2n) is 4.28. The minimum Gasteiger partial charge on any atom is -0.496 e. The molecule has 2 aromatic heterocycles. The summed E-state index contributed by atoms with van der Waals surface area (Å²) in [6.07, 6.45) is 0. The summed E-state index contributed by atoms with van der Waals surface area (Å²) >= 11 is 5.08. The molecule has 0 atom stereocenters. The number of H-pyrrole nitrogens is 1. The summed E-state index contributed by atoms with van der Waals surface area (Å²) in [5.74, 6) is 0.807. The second kappa shape index (κ2) is 4.68. The third-order valence-electron chi connectivity index (χ3n) is 3.06. The van der Waals surface area contributed by atoms with Crippen molar-refractivity contribution in [2.24, 2.45) is 7.05 Å². The number of aromatic nitrogens is 4. The van der Waals surface area contributed by atoms with Gasteiger partial charge in [0.2, 0.25) is 0 Å². The molecule has 0 amide bonds. The van der Waals surface area contributed by atoms with Crippen molar-refractivity contribution in [3.05, 3.63) is 34.9 Å². The summed E-state index contributed by atoms with van der Waals surface area (Å²) in [6.45, 7) is 0. The number of rotatable bonds is 2. The highest BCUT2D eigenvalue weighted by Gasteiger charge is 2.12. The number of nitrogens with one attached hydrogen (secondary N) is 1. The Bertz CT molecular complexity index is 855. The van der Waals surface area contributed by atoms with E-state index in [0.29, 0.717) is 32.9 Å². The molecular weight excluding hydrogens is 279 g/mol. The van der Waals surface area contributed by atoms with Gasteiger partial charge in [-0.3, -0.25) is 5.10 Å². The van der Waals surface area contributed by atoms with Crippen LogP contribution in [0, 0.1) is 10.6 Å². The van der Waals surface area contributed by atoms with Gasteiger partial charge in [-0.2, -0.15) is 5.10 Å². The number of aromatic amines is 1. The van der Waals surface area contributed by atoms with Gasteiger partial charge in [0.1, 0.15) is 17.3 Å². The number of hydrogen-bond acceptors (Lipinski definition) is 4. The van der Waals surface area contributed by atoms with Gasteiger partial charge < -0.3 is 9.30 Å². The molecule has 0 saturated carbocycles. The molecule has 0 radical (unpaired) electrons. The molecule has 0 aliphatic carbocycles. The van der Waals surface area contributed by atoms with E-state index in [4.69, 9.17) is 17.0 Å². The highest BCUT2D eigenvalue weighted by Crippen LogP contribution is 2.29. The van der Waals surface area contributed by atoms with Gasteiger partial charge in [0.25, 0.3) is 0 Å². The van der Waals surface area contributed by atoms with Crippen LogP contribution in [0.5, 0.6) is 5.75 Å². The molecule has 0 aliphatic heterocycles. The maximum absolute atomic E-state index is 13.3. The molecular formula is C13H11FN4OS. The van der Waals surface area contributed by atoms with Crippen molar-refractivity contribution in [2.75, 3.05) is 7.11 Å². The first-order valence-corrected chi connectivity index (χ1v) is 6.27. The Morgan fingerprint density at radius 1 is 1.35 bits per heavy atom. The van der Waals surface area contributed by atoms with E-state index >= 15 is 0 Å². The Labute approximate surface area is 119 Å².